The normalized spacial score (nSPS) is 12.2. The zero-order valence-electron chi connectivity index (χ0n) is 14.6. The van der Waals surface area contributed by atoms with Gasteiger partial charge in [-0.25, -0.2) is 9.97 Å². The smallest absolute Gasteiger partial charge is 0.319 e. The van der Waals surface area contributed by atoms with Crippen LogP contribution in [0.5, 0.6) is 0 Å². The highest BCUT2D eigenvalue weighted by atomic mass is 127. The quantitative estimate of drug-likeness (QED) is 0.401. The van der Waals surface area contributed by atoms with Crippen LogP contribution in [0.1, 0.15) is 44.8 Å². The summed E-state index contributed by atoms with van der Waals surface area (Å²) in [4.78, 5) is 12.1. The van der Waals surface area contributed by atoms with Crippen molar-refractivity contribution < 1.29 is 13.2 Å². The van der Waals surface area contributed by atoms with Crippen LogP contribution >= 0.6 is 24.0 Å². The van der Waals surface area contributed by atoms with Crippen LogP contribution in [0.2, 0.25) is 0 Å². The Labute approximate surface area is 162 Å². The first-order chi connectivity index (χ1) is 11.3. The second-order valence-electron chi connectivity index (χ2n) is 6.18. The van der Waals surface area contributed by atoms with Crippen molar-refractivity contribution in [3.05, 3.63) is 36.1 Å². The number of alkyl halides is 2. The lowest BCUT2D eigenvalue weighted by molar-refractivity contribution is 0.0668. The van der Waals surface area contributed by atoms with E-state index < -0.39 is 6.55 Å². The third-order valence-corrected chi connectivity index (χ3v) is 3.30. The highest BCUT2D eigenvalue weighted by molar-refractivity contribution is 14.0. The average Bonchev–Trinajstić information content (AvgIpc) is 3.15. The van der Waals surface area contributed by atoms with Crippen LogP contribution in [-0.2, 0) is 18.5 Å². The maximum atomic E-state index is 12.8. The molecular weight excluding hydrogens is 445 g/mol. The van der Waals surface area contributed by atoms with E-state index in [0.717, 1.165) is 10.3 Å². The molecule has 0 fully saturated rings. The van der Waals surface area contributed by atoms with Crippen molar-refractivity contribution in [1.82, 2.24) is 25.2 Å². The number of nitrogens with one attached hydrogen (secondary N) is 2. The topological polar surface area (TPSA) is 80.3 Å². The Hall–Kier alpha value is -1.72. The SMILES string of the molecule is CN=C(NCc1ncc(C(C)(C)C)o1)NCc1nccn1C(F)F.I. The van der Waals surface area contributed by atoms with Gasteiger partial charge in [-0.15, -0.1) is 24.0 Å². The van der Waals surface area contributed by atoms with Gasteiger partial charge in [-0.2, -0.15) is 8.78 Å². The minimum absolute atomic E-state index is 0. The number of guanidine groups is 1. The van der Waals surface area contributed by atoms with Gasteiger partial charge in [-0.3, -0.25) is 9.56 Å². The van der Waals surface area contributed by atoms with Gasteiger partial charge < -0.3 is 15.1 Å². The van der Waals surface area contributed by atoms with Crippen LogP contribution in [0, 0.1) is 0 Å². The predicted octanol–water partition coefficient (Wildman–Crippen LogP) is 3.05. The molecule has 0 aromatic carbocycles. The largest absolute Gasteiger partial charge is 0.443 e. The van der Waals surface area contributed by atoms with Crippen LogP contribution in [0.25, 0.3) is 0 Å². The Bertz CT molecular complexity index is 692. The van der Waals surface area contributed by atoms with E-state index in [2.05, 4.69) is 25.6 Å². The molecule has 0 amide bonds. The van der Waals surface area contributed by atoms with Crippen LogP contribution in [0.4, 0.5) is 8.78 Å². The number of halogens is 3. The van der Waals surface area contributed by atoms with Gasteiger partial charge in [0.1, 0.15) is 11.6 Å². The molecular formula is C15H23F2IN6O. The number of oxazole rings is 1. The van der Waals surface area contributed by atoms with Crippen molar-refractivity contribution in [2.24, 2.45) is 4.99 Å². The minimum atomic E-state index is -2.62. The molecule has 7 nitrogen and oxygen atoms in total. The molecule has 140 valence electrons. The number of hydrogen-bond donors (Lipinski definition) is 2. The fraction of sp³-hybridized carbons (Fsp3) is 0.533. The fourth-order valence-electron chi connectivity index (χ4n) is 1.94. The van der Waals surface area contributed by atoms with Crippen LogP contribution in [0.3, 0.4) is 0 Å². The van der Waals surface area contributed by atoms with E-state index in [4.69, 9.17) is 4.42 Å². The van der Waals surface area contributed by atoms with E-state index in [1.165, 1.54) is 12.4 Å². The van der Waals surface area contributed by atoms with Crippen molar-refractivity contribution in [3.8, 4) is 0 Å². The van der Waals surface area contributed by atoms with E-state index in [-0.39, 0.29) is 41.8 Å². The molecule has 2 aromatic heterocycles. The Morgan fingerprint density at radius 1 is 1.28 bits per heavy atom. The summed E-state index contributed by atoms with van der Waals surface area (Å²) in [5, 5.41) is 5.95. The monoisotopic (exact) mass is 468 g/mol. The number of hydrogen-bond acceptors (Lipinski definition) is 4. The van der Waals surface area contributed by atoms with Crippen molar-refractivity contribution in [2.75, 3.05) is 7.05 Å². The molecule has 0 saturated heterocycles. The van der Waals surface area contributed by atoms with Crippen LogP contribution in [0.15, 0.2) is 28.0 Å². The first-order valence-corrected chi connectivity index (χ1v) is 7.51. The number of aromatic nitrogens is 3. The lowest BCUT2D eigenvalue weighted by atomic mass is 9.94. The zero-order chi connectivity index (χ0) is 17.7. The van der Waals surface area contributed by atoms with Gasteiger partial charge >= 0.3 is 6.55 Å². The maximum absolute atomic E-state index is 12.8. The highest BCUT2D eigenvalue weighted by Crippen LogP contribution is 2.22. The Morgan fingerprint density at radius 3 is 2.52 bits per heavy atom. The summed E-state index contributed by atoms with van der Waals surface area (Å²) in [5.74, 6) is 1.98. The average molecular weight is 468 g/mol. The first kappa shape index (κ1) is 21.3. The van der Waals surface area contributed by atoms with Gasteiger partial charge in [-0.1, -0.05) is 20.8 Å². The van der Waals surface area contributed by atoms with E-state index in [1.807, 2.05) is 20.8 Å². The molecule has 10 heteroatoms. The fourth-order valence-corrected chi connectivity index (χ4v) is 1.94. The second-order valence-corrected chi connectivity index (χ2v) is 6.18. The van der Waals surface area contributed by atoms with Crippen molar-refractivity contribution >= 4 is 29.9 Å². The van der Waals surface area contributed by atoms with Gasteiger partial charge in [0.2, 0.25) is 5.89 Å². The summed E-state index contributed by atoms with van der Waals surface area (Å²) in [5.41, 5.74) is -0.114. The molecule has 25 heavy (non-hydrogen) atoms. The molecule has 0 bridgehead atoms. The molecule has 0 unspecified atom stereocenters. The minimum Gasteiger partial charge on any atom is -0.443 e. The second kappa shape index (κ2) is 9.11. The first-order valence-electron chi connectivity index (χ1n) is 7.51. The third kappa shape index (κ3) is 5.94. The van der Waals surface area contributed by atoms with Gasteiger partial charge in [-0.05, 0) is 0 Å². The molecule has 2 aromatic rings. The van der Waals surface area contributed by atoms with Gasteiger partial charge in [0, 0.05) is 24.9 Å². The molecule has 2 rings (SSSR count). The van der Waals surface area contributed by atoms with Crippen molar-refractivity contribution in [2.45, 2.75) is 45.8 Å². The Morgan fingerprint density at radius 2 is 1.96 bits per heavy atom. The van der Waals surface area contributed by atoms with Crippen molar-refractivity contribution in [1.29, 1.82) is 0 Å². The molecule has 0 aliphatic carbocycles. The molecule has 0 spiro atoms. The molecule has 0 aliphatic heterocycles. The Balaban J connectivity index is 0.00000312. The van der Waals surface area contributed by atoms with Crippen molar-refractivity contribution in [3.63, 3.8) is 0 Å². The summed E-state index contributed by atoms with van der Waals surface area (Å²) in [7, 11) is 1.59. The third-order valence-electron chi connectivity index (χ3n) is 3.30. The highest BCUT2D eigenvalue weighted by Gasteiger charge is 2.19. The summed E-state index contributed by atoms with van der Waals surface area (Å²) in [6.07, 6.45) is 4.27. The van der Waals surface area contributed by atoms with Crippen LogP contribution in [-0.4, -0.2) is 27.5 Å². The number of aliphatic imine (C=N–C) groups is 1. The molecule has 0 radical (unpaired) electrons. The standard InChI is InChI=1S/C15H22F2N6O.HI/c1-15(2,3)10-7-20-12(24-10)9-22-14(18-4)21-8-11-19-5-6-23(11)13(16)17;/h5-7,13H,8-9H2,1-4H3,(H2,18,21,22);1H. The summed E-state index contributed by atoms with van der Waals surface area (Å²) in [6.45, 7) is 3.94. The van der Waals surface area contributed by atoms with Crippen LogP contribution < -0.4 is 10.6 Å². The molecule has 2 N–H and O–H groups in total. The zero-order valence-corrected chi connectivity index (χ0v) is 16.9. The van der Waals surface area contributed by atoms with E-state index in [0.29, 0.717) is 18.4 Å². The van der Waals surface area contributed by atoms with E-state index in [9.17, 15) is 8.78 Å². The summed E-state index contributed by atoms with van der Waals surface area (Å²) < 4.78 is 32.0. The van der Waals surface area contributed by atoms with E-state index >= 15 is 0 Å². The lowest BCUT2D eigenvalue weighted by Crippen LogP contribution is -2.37. The van der Waals surface area contributed by atoms with E-state index in [1.54, 1.807) is 13.2 Å². The Kier molecular flexibility index (Phi) is 7.77. The molecule has 0 atom stereocenters. The number of rotatable bonds is 5. The van der Waals surface area contributed by atoms with Gasteiger partial charge in [0.05, 0.1) is 19.3 Å². The summed E-state index contributed by atoms with van der Waals surface area (Å²) >= 11 is 0. The molecule has 0 saturated carbocycles. The molecule has 0 aliphatic rings. The molecule has 2 heterocycles. The summed E-state index contributed by atoms with van der Waals surface area (Å²) in [6, 6.07) is 0. The van der Waals surface area contributed by atoms with Gasteiger partial charge in [0.15, 0.2) is 5.96 Å². The predicted molar refractivity (Wildman–Crippen MR) is 101 cm³/mol. The number of nitrogens with zero attached hydrogens (tertiary/aromatic N) is 4. The maximum Gasteiger partial charge on any atom is 0.319 e. The van der Waals surface area contributed by atoms with Gasteiger partial charge in [0.25, 0.3) is 0 Å². The lowest BCUT2D eigenvalue weighted by Gasteiger charge is -2.13. The number of imidazole rings is 1.